The number of thiophene rings is 1. The molecular weight excluding hydrogens is 394 g/mol. The number of aryl methyl sites for hydroxylation is 1. The van der Waals surface area contributed by atoms with Gasteiger partial charge in [-0.3, -0.25) is 9.59 Å². The van der Waals surface area contributed by atoms with Crippen molar-refractivity contribution in [3.05, 3.63) is 64.1 Å². The van der Waals surface area contributed by atoms with Crippen LogP contribution in [0.15, 0.2) is 53.0 Å². The Morgan fingerprint density at radius 3 is 2.68 bits per heavy atom. The number of rotatable bonds is 10. The summed E-state index contributed by atoms with van der Waals surface area (Å²) >= 11 is 2.99. The summed E-state index contributed by atoms with van der Waals surface area (Å²) in [5.41, 5.74) is 6.28. The molecular formula is C19H21N5O2S2. The Kier molecular flexibility index (Phi) is 7.21. The molecule has 0 radical (unpaired) electrons. The smallest absolute Gasteiger partial charge is 0.236 e. The van der Waals surface area contributed by atoms with Crippen LogP contribution in [0.4, 0.5) is 0 Å². The van der Waals surface area contributed by atoms with Gasteiger partial charge in [-0.05, 0) is 23.4 Å². The van der Waals surface area contributed by atoms with E-state index in [0.29, 0.717) is 11.6 Å². The number of hydrogen-bond donors (Lipinski definition) is 2. The number of carbonyl (C=O) groups is 2. The Hall–Kier alpha value is -2.65. The number of nitrogens with two attached hydrogens (primary N) is 1. The van der Waals surface area contributed by atoms with Crippen molar-refractivity contribution in [2.75, 3.05) is 12.3 Å². The minimum absolute atomic E-state index is 0.149. The first-order valence-electron chi connectivity index (χ1n) is 8.78. The maximum atomic E-state index is 11.9. The van der Waals surface area contributed by atoms with Gasteiger partial charge in [-0.1, -0.05) is 48.2 Å². The fraction of sp³-hybridized carbons (Fsp3) is 0.263. The molecule has 28 heavy (non-hydrogen) atoms. The molecule has 0 fully saturated rings. The lowest BCUT2D eigenvalue weighted by Gasteiger charge is -2.10. The summed E-state index contributed by atoms with van der Waals surface area (Å²) in [4.78, 5) is 23.9. The third-order valence-corrected chi connectivity index (χ3v) is 5.81. The Morgan fingerprint density at radius 1 is 1.14 bits per heavy atom. The summed E-state index contributed by atoms with van der Waals surface area (Å²) in [6.45, 7) is 0.562. The van der Waals surface area contributed by atoms with E-state index in [9.17, 15) is 9.59 Å². The molecule has 3 aromatic rings. The normalized spacial score (nSPS) is 10.7. The van der Waals surface area contributed by atoms with E-state index in [0.717, 1.165) is 18.8 Å². The summed E-state index contributed by atoms with van der Waals surface area (Å²) in [5, 5.41) is 13.8. The summed E-state index contributed by atoms with van der Waals surface area (Å²) in [6, 6.07) is 14.3. The first-order chi connectivity index (χ1) is 13.6. The molecule has 0 bridgehead atoms. The molecule has 0 saturated heterocycles. The van der Waals surface area contributed by atoms with Crippen molar-refractivity contribution in [2.45, 2.75) is 24.5 Å². The van der Waals surface area contributed by atoms with Crippen molar-refractivity contribution in [1.29, 1.82) is 0 Å². The standard InChI is InChI=1S/C19H21N5O2S2/c20-16(25)12-21-18(26)13-28-19-23-22-17(11-15-7-4-10-27-15)24(19)9-8-14-5-2-1-3-6-14/h1-7,10H,8-9,11-13H2,(H2,20,25)(H,21,26). The molecule has 0 aliphatic rings. The van der Waals surface area contributed by atoms with Gasteiger partial charge in [0.2, 0.25) is 11.8 Å². The molecule has 2 aromatic heterocycles. The van der Waals surface area contributed by atoms with Gasteiger partial charge in [0, 0.05) is 17.8 Å². The second kappa shape index (κ2) is 10.0. The first kappa shape index (κ1) is 20.1. The Morgan fingerprint density at radius 2 is 1.96 bits per heavy atom. The van der Waals surface area contributed by atoms with Gasteiger partial charge in [0.05, 0.1) is 12.3 Å². The van der Waals surface area contributed by atoms with Crippen LogP contribution in [0.1, 0.15) is 16.3 Å². The van der Waals surface area contributed by atoms with E-state index in [-0.39, 0.29) is 18.2 Å². The van der Waals surface area contributed by atoms with Crippen molar-refractivity contribution in [1.82, 2.24) is 20.1 Å². The predicted molar refractivity (Wildman–Crippen MR) is 110 cm³/mol. The number of nitrogens with zero attached hydrogens (tertiary/aromatic N) is 3. The van der Waals surface area contributed by atoms with Gasteiger partial charge in [-0.2, -0.15) is 0 Å². The van der Waals surface area contributed by atoms with Crippen LogP contribution in [0.2, 0.25) is 0 Å². The molecule has 146 valence electrons. The molecule has 0 atom stereocenters. The Balaban J connectivity index is 1.70. The molecule has 0 aliphatic carbocycles. The first-order valence-corrected chi connectivity index (χ1v) is 10.6. The lowest BCUT2D eigenvalue weighted by Crippen LogP contribution is -2.34. The molecule has 2 heterocycles. The second-order valence-corrected chi connectivity index (χ2v) is 8.05. The fourth-order valence-corrected chi connectivity index (χ4v) is 4.12. The van der Waals surface area contributed by atoms with Crippen molar-refractivity contribution in [3.63, 3.8) is 0 Å². The highest BCUT2D eigenvalue weighted by Gasteiger charge is 2.15. The SMILES string of the molecule is NC(=O)CNC(=O)CSc1nnc(Cc2cccs2)n1CCc1ccccc1. The summed E-state index contributed by atoms with van der Waals surface area (Å²) in [7, 11) is 0. The lowest BCUT2D eigenvalue weighted by molar-refractivity contribution is -0.123. The predicted octanol–water partition coefficient (Wildman–Crippen LogP) is 1.87. The van der Waals surface area contributed by atoms with Crippen molar-refractivity contribution < 1.29 is 9.59 Å². The number of amides is 2. The summed E-state index contributed by atoms with van der Waals surface area (Å²) in [5.74, 6) is 0.192. The van der Waals surface area contributed by atoms with E-state index in [2.05, 4.69) is 38.3 Å². The number of carbonyl (C=O) groups excluding carboxylic acids is 2. The Labute approximate surface area is 171 Å². The Bertz CT molecular complexity index is 910. The quantitative estimate of drug-likeness (QED) is 0.492. The van der Waals surface area contributed by atoms with Crippen LogP contribution < -0.4 is 11.1 Å². The molecule has 9 heteroatoms. The highest BCUT2D eigenvalue weighted by molar-refractivity contribution is 7.99. The van der Waals surface area contributed by atoms with Crippen LogP contribution in [0.5, 0.6) is 0 Å². The second-order valence-electron chi connectivity index (χ2n) is 6.07. The van der Waals surface area contributed by atoms with Gasteiger partial charge in [-0.25, -0.2) is 0 Å². The molecule has 0 unspecified atom stereocenters. The van der Waals surface area contributed by atoms with Gasteiger partial charge in [0.25, 0.3) is 0 Å². The maximum absolute atomic E-state index is 11.9. The number of primary amides is 1. The van der Waals surface area contributed by atoms with Crippen LogP contribution in [0.3, 0.4) is 0 Å². The molecule has 1 aromatic carbocycles. The molecule has 2 amide bonds. The average molecular weight is 416 g/mol. The lowest BCUT2D eigenvalue weighted by atomic mass is 10.1. The molecule has 0 spiro atoms. The summed E-state index contributed by atoms with van der Waals surface area (Å²) in [6.07, 6.45) is 1.55. The number of hydrogen-bond acceptors (Lipinski definition) is 6. The van der Waals surface area contributed by atoms with Gasteiger partial charge in [-0.15, -0.1) is 21.5 Å². The van der Waals surface area contributed by atoms with Crippen molar-refractivity contribution in [2.24, 2.45) is 5.73 Å². The molecule has 3 rings (SSSR count). The average Bonchev–Trinajstić information content (AvgIpc) is 3.34. The monoisotopic (exact) mass is 415 g/mol. The van der Waals surface area contributed by atoms with Crippen LogP contribution >= 0.6 is 23.1 Å². The largest absolute Gasteiger partial charge is 0.368 e. The molecule has 0 saturated carbocycles. The summed E-state index contributed by atoms with van der Waals surface area (Å²) < 4.78 is 2.07. The molecule has 3 N–H and O–H groups in total. The zero-order valence-corrected chi connectivity index (χ0v) is 16.8. The third-order valence-electron chi connectivity index (χ3n) is 3.96. The van der Waals surface area contributed by atoms with Gasteiger partial charge in [0.1, 0.15) is 5.82 Å². The van der Waals surface area contributed by atoms with Crippen LogP contribution in [-0.2, 0) is 29.0 Å². The zero-order valence-electron chi connectivity index (χ0n) is 15.2. The number of nitrogens with one attached hydrogen (secondary N) is 1. The van der Waals surface area contributed by atoms with Crippen LogP contribution in [0.25, 0.3) is 0 Å². The molecule has 0 aliphatic heterocycles. The van der Waals surface area contributed by atoms with E-state index >= 15 is 0 Å². The van der Waals surface area contributed by atoms with E-state index < -0.39 is 5.91 Å². The minimum atomic E-state index is -0.567. The fourth-order valence-electron chi connectivity index (χ4n) is 2.60. The highest BCUT2D eigenvalue weighted by Crippen LogP contribution is 2.21. The van der Waals surface area contributed by atoms with Gasteiger partial charge < -0.3 is 15.6 Å². The number of thioether (sulfide) groups is 1. The van der Waals surface area contributed by atoms with E-state index in [4.69, 9.17) is 5.73 Å². The molecule has 7 nitrogen and oxygen atoms in total. The van der Waals surface area contributed by atoms with Crippen LogP contribution in [0, 0.1) is 0 Å². The van der Waals surface area contributed by atoms with Gasteiger partial charge in [0.15, 0.2) is 5.16 Å². The maximum Gasteiger partial charge on any atom is 0.236 e. The van der Waals surface area contributed by atoms with E-state index in [1.54, 1.807) is 11.3 Å². The topological polar surface area (TPSA) is 103 Å². The van der Waals surface area contributed by atoms with E-state index in [1.807, 2.05) is 29.6 Å². The highest BCUT2D eigenvalue weighted by atomic mass is 32.2. The van der Waals surface area contributed by atoms with Crippen molar-refractivity contribution in [3.8, 4) is 0 Å². The number of benzene rings is 1. The van der Waals surface area contributed by atoms with E-state index in [1.165, 1.54) is 22.2 Å². The minimum Gasteiger partial charge on any atom is -0.368 e. The van der Waals surface area contributed by atoms with Crippen molar-refractivity contribution >= 4 is 34.9 Å². The van der Waals surface area contributed by atoms with Gasteiger partial charge >= 0.3 is 0 Å². The van der Waals surface area contributed by atoms with Crippen LogP contribution in [-0.4, -0.2) is 38.9 Å². The zero-order chi connectivity index (χ0) is 19.8. The number of aromatic nitrogens is 3. The third kappa shape index (κ3) is 5.93.